The lowest BCUT2D eigenvalue weighted by atomic mass is 10.1. The average Bonchev–Trinajstić information content (AvgIpc) is 3.26. The molecule has 2 heterocycles. The summed E-state index contributed by atoms with van der Waals surface area (Å²) in [5, 5.41) is 2.68. The van der Waals surface area contributed by atoms with Gasteiger partial charge in [0.15, 0.2) is 5.76 Å². The number of amides is 3. The van der Waals surface area contributed by atoms with Crippen LogP contribution in [-0.4, -0.2) is 60.2 Å². The fourth-order valence-electron chi connectivity index (χ4n) is 3.03. The lowest BCUT2D eigenvalue weighted by Gasteiger charge is -2.33. The highest BCUT2D eigenvalue weighted by Gasteiger charge is 2.28. The van der Waals surface area contributed by atoms with E-state index >= 15 is 0 Å². The highest BCUT2D eigenvalue weighted by molar-refractivity contribution is 6.35. The van der Waals surface area contributed by atoms with Gasteiger partial charge in [-0.05, 0) is 30.5 Å². The first-order valence-corrected chi connectivity index (χ1v) is 9.09. The molecule has 1 aliphatic rings. The Morgan fingerprint density at radius 1 is 0.926 bits per heavy atom. The maximum Gasteiger partial charge on any atom is 0.312 e. The largest absolute Gasteiger partial charge is 0.459 e. The molecule has 1 N–H and O–H groups in total. The molecule has 1 aromatic heterocycles. The minimum Gasteiger partial charge on any atom is -0.459 e. The molecule has 1 fully saturated rings. The van der Waals surface area contributed by atoms with Crippen molar-refractivity contribution in [3.8, 4) is 0 Å². The Kier molecular flexibility index (Phi) is 6.25. The topological polar surface area (TPSA) is 82.9 Å². The zero-order chi connectivity index (χ0) is 19.1. The molecule has 0 radical (unpaired) electrons. The minimum atomic E-state index is -0.589. The molecule has 0 atom stereocenters. The lowest BCUT2D eigenvalue weighted by molar-refractivity contribution is -0.146. The van der Waals surface area contributed by atoms with Crippen LogP contribution in [0.15, 0.2) is 53.1 Å². The third kappa shape index (κ3) is 4.97. The average molecular weight is 369 g/mol. The quantitative estimate of drug-likeness (QED) is 0.636. The van der Waals surface area contributed by atoms with E-state index in [4.69, 9.17) is 4.42 Å². The van der Waals surface area contributed by atoms with Crippen molar-refractivity contribution in [1.82, 2.24) is 15.1 Å². The molecule has 1 aliphatic heterocycles. The normalized spacial score (nSPS) is 14.1. The maximum absolute atomic E-state index is 12.3. The number of nitrogens with zero attached hydrogens (tertiary/aromatic N) is 2. The molecule has 1 aromatic carbocycles. The second kappa shape index (κ2) is 9.02. The van der Waals surface area contributed by atoms with Gasteiger partial charge in [-0.25, -0.2) is 0 Å². The van der Waals surface area contributed by atoms with Gasteiger partial charge in [0.25, 0.3) is 5.91 Å². The summed E-state index contributed by atoms with van der Waals surface area (Å²) in [5.74, 6) is -1.04. The summed E-state index contributed by atoms with van der Waals surface area (Å²) in [6.45, 7) is 1.89. The summed E-state index contributed by atoms with van der Waals surface area (Å²) in [5.41, 5.74) is 1.20. The highest BCUT2D eigenvalue weighted by Crippen LogP contribution is 2.09. The molecule has 2 aromatic rings. The number of hydrogen-bond donors (Lipinski definition) is 1. The zero-order valence-corrected chi connectivity index (χ0v) is 15.1. The zero-order valence-electron chi connectivity index (χ0n) is 15.1. The standard InChI is InChI=1S/C20H23N3O4/c24-18(21-10-4-8-16-6-2-1-3-7-16)20(26)23-13-11-22(12-14-23)19(25)17-9-5-15-27-17/h1-3,5-7,9,15H,4,8,10-14H2,(H,21,24). The lowest BCUT2D eigenvalue weighted by Crippen LogP contribution is -2.53. The summed E-state index contributed by atoms with van der Waals surface area (Å²) >= 11 is 0. The van der Waals surface area contributed by atoms with Crippen molar-refractivity contribution in [3.05, 3.63) is 60.1 Å². The van der Waals surface area contributed by atoms with Crippen molar-refractivity contribution in [2.45, 2.75) is 12.8 Å². The Morgan fingerprint density at radius 3 is 2.30 bits per heavy atom. The van der Waals surface area contributed by atoms with Crippen molar-refractivity contribution < 1.29 is 18.8 Å². The first-order valence-electron chi connectivity index (χ1n) is 9.09. The van der Waals surface area contributed by atoms with Crippen molar-refractivity contribution >= 4 is 17.7 Å². The van der Waals surface area contributed by atoms with Gasteiger partial charge in [-0.3, -0.25) is 14.4 Å². The maximum atomic E-state index is 12.3. The number of piperazine rings is 1. The van der Waals surface area contributed by atoms with Crippen LogP contribution in [-0.2, 0) is 16.0 Å². The van der Waals surface area contributed by atoms with Crippen molar-refractivity contribution in [2.75, 3.05) is 32.7 Å². The van der Waals surface area contributed by atoms with Crippen LogP contribution in [0, 0.1) is 0 Å². The van der Waals surface area contributed by atoms with Crippen LogP contribution in [0.4, 0.5) is 0 Å². The van der Waals surface area contributed by atoms with E-state index in [1.807, 2.05) is 30.3 Å². The monoisotopic (exact) mass is 369 g/mol. The van der Waals surface area contributed by atoms with Crippen LogP contribution in [0.1, 0.15) is 22.5 Å². The van der Waals surface area contributed by atoms with Crippen LogP contribution in [0.5, 0.6) is 0 Å². The van der Waals surface area contributed by atoms with Gasteiger partial charge < -0.3 is 19.5 Å². The Labute approximate surface area is 157 Å². The van der Waals surface area contributed by atoms with Gasteiger partial charge in [0.2, 0.25) is 0 Å². The first kappa shape index (κ1) is 18.7. The molecule has 0 spiro atoms. The summed E-state index contributed by atoms with van der Waals surface area (Å²) in [7, 11) is 0. The summed E-state index contributed by atoms with van der Waals surface area (Å²) < 4.78 is 5.11. The Balaban J connectivity index is 1.38. The Hall–Kier alpha value is -3.09. The molecule has 3 amide bonds. The van der Waals surface area contributed by atoms with E-state index in [1.165, 1.54) is 16.7 Å². The number of carbonyl (C=O) groups excluding carboxylic acids is 3. The van der Waals surface area contributed by atoms with Crippen LogP contribution < -0.4 is 5.32 Å². The second-order valence-electron chi connectivity index (χ2n) is 6.41. The molecule has 0 bridgehead atoms. The van der Waals surface area contributed by atoms with Crippen LogP contribution in [0.25, 0.3) is 0 Å². The van der Waals surface area contributed by atoms with Gasteiger partial charge in [-0.2, -0.15) is 0 Å². The molecule has 27 heavy (non-hydrogen) atoms. The molecule has 1 saturated heterocycles. The molecule has 3 rings (SSSR count). The van der Waals surface area contributed by atoms with E-state index in [9.17, 15) is 14.4 Å². The number of nitrogens with one attached hydrogen (secondary N) is 1. The molecule has 0 aliphatic carbocycles. The molecule has 7 heteroatoms. The van der Waals surface area contributed by atoms with Gasteiger partial charge in [0, 0.05) is 32.7 Å². The van der Waals surface area contributed by atoms with E-state index in [1.54, 1.807) is 17.0 Å². The predicted molar refractivity (Wildman–Crippen MR) is 99.0 cm³/mol. The second-order valence-corrected chi connectivity index (χ2v) is 6.41. The number of benzene rings is 1. The van der Waals surface area contributed by atoms with Gasteiger partial charge in [-0.15, -0.1) is 0 Å². The fourth-order valence-corrected chi connectivity index (χ4v) is 3.03. The highest BCUT2D eigenvalue weighted by atomic mass is 16.3. The third-order valence-corrected chi connectivity index (χ3v) is 4.55. The predicted octanol–water partition coefficient (Wildman–Crippen LogP) is 1.31. The third-order valence-electron chi connectivity index (χ3n) is 4.55. The molecule has 142 valence electrons. The summed E-state index contributed by atoms with van der Waals surface area (Å²) in [6, 6.07) is 13.3. The SMILES string of the molecule is O=C(NCCCc1ccccc1)C(=O)N1CCN(C(=O)c2ccco2)CC1. The molecule has 0 unspecified atom stereocenters. The van der Waals surface area contributed by atoms with Gasteiger partial charge >= 0.3 is 11.8 Å². The Morgan fingerprint density at radius 2 is 1.63 bits per heavy atom. The molecular formula is C20H23N3O4. The van der Waals surface area contributed by atoms with Crippen molar-refractivity contribution in [1.29, 1.82) is 0 Å². The van der Waals surface area contributed by atoms with Crippen LogP contribution in [0.3, 0.4) is 0 Å². The molecule has 7 nitrogen and oxygen atoms in total. The van der Waals surface area contributed by atoms with E-state index in [0.29, 0.717) is 32.7 Å². The van der Waals surface area contributed by atoms with Crippen LogP contribution in [0.2, 0.25) is 0 Å². The number of aryl methyl sites for hydroxylation is 1. The number of carbonyl (C=O) groups is 3. The van der Waals surface area contributed by atoms with Crippen LogP contribution >= 0.6 is 0 Å². The first-order chi connectivity index (χ1) is 13.1. The minimum absolute atomic E-state index is 0.197. The van der Waals surface area contributed by atoms with E-state index in [0.717, 1.165) is 12.8 Å². The molecular weight excluding hydrogens is 346 g/mol. The number of hydrogen-bond acceptors (Lipinski definition) is 4. The van der Waals surface area contributed by atoms with E-state index < -0.39 is 11.8 Å². The van der Waals surface area contributed by atoms with Gasteiger partial charge in [0.1, 0.15) is 0 Å². The Bertz CT molecular complexity index is 766. The van der Waals surface area contributed by atoms with Gasteiger partial charge in [-0.1, -0.05) is 30.3 Å². The number of rotatable bonds is 5. The van der Waals surface area contributed by atoms with Gasteiger partial charge in [0.05, 0.1) is 6.26 Å². The van der Waals surface area contributed by atoms with E-state index in [2.05, 4.69) is 5.32 Å². The summed E-state index contributed by atoms with van der Waals surface area (Å²) in [4.78, 5) is 39.6. The number of furan rings is 1. The molecule has 0 saturated carbocycles. The van der Waals surface area contributed by atoms with Crippen molar-refractivity contribution in [3.63, 3.8) is 0 Å². The van der Waals surface area contributed by atoms with E-state index in [-0.39, 0.29) is 11.7 Å². The smallest absolute Gasteiger partial charge is 0.312 e. The van der Waals surface area contributed by atoms with Crippen molar-refractivity contribution in [2.24, 2.45) is 0 Å². The summed E-state index contributed by atoms with van der Waals surface area (Å²) in [6.07, 6.45) is 3.08. The fraction of sp³-hybridized carbons (Fsp3) is 0.350.